The molecule has 0 radical (unpaired) electrons. The van der Waals surface area contributed by atoms with Crippen molar-refractivity contribution in [3.05, 3.63) is 57.8 Å². The van der Waals surface area contributed by atoms with Gasteiger partial charge in [-0.1, -0.05) is 43.2 Å². The van der Waals surface area contributed by atoms with Gasteiger partial charge >= 0.3 is 6.09 Å². The van der Waals surface area contributed by atoms with Gasteiger partial charge in [0.1, 0.15) is 6.61 Å². The Labute approximate surface area is 200 Å². The van der Waals surface area contributed by atoms with E-state index in [4.69, 9.17) is 4.74 Å². The van der Waals surface area contributed by atoms with Crippen molar-refractivity contribution in [3.63, 3.8) is 0 Å². The molecule has 5 nitrogen and oxygen atoms in total. The van der Waals surface area contributed by atoms with Crippen LogP contribution in [-0.4, -0.2) is 47.5 Å². The first-order valence-corrected chi connectivity index (χ1v) is 13.4. The van der Waals surface area contributed by atoms with Gasteiger partial charge in [0.2, 0.25) is 0 Å². The Morgan fingerprint density at radius 3 is 2.52 bits per heavy atom. The summed E-state index contributed by atoms with van der Waals surface area (Å²) in [6, 6.07) is 12.4. The van der Waals surface area contributed by atoms with Crippen LogP contribution in [0.3, 0.4) is 0 Å². The first-order valence-electron chi connectivity index (χ1n) is 12.5. The fourth-order valence-electron chi connectivity index (χ4n) is 5.88. The van der Waals surface area contributed by atoms with Crippen molar-refractivity contribution in [3.8, 4) is 0 Å². The van der Waals surface area contributed by atoms with Gasteiger partial charge in [-0.2, -0.15) is 0 Å². The van der Waals surface area contributed by atoms with Gasteiger partial charge in [0.15, 0.2) is 0 Å². The van der Waals surface area contributed by atoms with Crippen LogP contribution in [0.4, 0.5) is 4.79 Å². The average molecular weight is 467 g/mol. The molecule has 1 aromatic carbocycles. The maximum absolute atomic E-state index is 13.3. The second-order valence-electron chi connectivity index (χ2n) is 9.79. The third-order valence-corrected chi connectivity index (χ3v) is 8.83. The van der Waals surface area contributed by atoms with E-state index in [0.29, 0.717) is 37.6 Å². The lowest BCUT2D eigenvalue weighted by Crippen LogP contribution is -2.49. The van der Waals surface area contributed by atoms with Gasteiger partial charge in [-0.25, -0.2) is 4.79 Å². The Bertz CT molecular complexity index is 949. The minimum absolute atomic E-state index is 0.230. The minimum Gasteiger partial charge on any atom is -0.445 e. The molecule has 33 heavy (non-hydrogen) atoms. The number of amides is 2. The maximum Gasteiger partial charge on any atom is 0.410 e. The monoisotopic (exact) mass is 466 g/mol. The largest absolute Gasteiger partial charge is 0.445 e. The third kappa shape index (κ3) is 5.11. The highest BCUT2D eigenvalue weighted by Crippen LogP contribution is 2.37. The molecule has 3 aliphatic rings. The molecular weight excluding hydrogens is 432 g/mol. The van der Waals surface area contributed by atoms with Crippen LogP contribution in [0.1, 0.15) is 78.1 Å². The number of hydrogen-bond acceptors (Lipinski definition) is 4. The Kier molecular flexibility index (Phi) is 7.00. The lowest BCUT2D eigenvalue weighted by Gasteiger charge is -2.44. The van der Waals surface area contributed by atoms with E-state index in [0.717, 1.165) is 36.9 Å². The topological polar surface area (TPSA) is 49.9 Å². The lowest BCUT2D eigenvalue weighted by molar-refractivity contribution is 0.0391. The number of benzene rings is 1. The molecule has 1 aromatic heterocycles. The number of piperidine rings is 2. The molecule has 0 spiro atoms. The summed E-state index contributed by atoms with van der Waals surface area (Å²) >= 11 is 1.71. The van der Waals surface area contributed by atoms with Crippen LogP contribution in [0.2, 0.25) is 0 Å². The molecule has 2 atom stereocenters. The molecule has 176 valence electrons. The average Bonchev–Trinajstić information content (AvgIpc) is 3.38. The first-order chi connectivity index (χ1) is 16.2. The van der Waals surface area contributed by atoms with Crippen LogP contribution in [0.5, 0.6) is 0 Å². The number of thiophene rings is 1. The molecule has 6 heteroatoms. The van der Waals surface area contributed by atoms with Crippen LogP contribution in [0, 0.1) is 5.92 Å². The summed E-state index contributed by atoms with van der Waals surface area (Å²) < 4.78 is 5.49. The molecule has 0 bridgehead atoms. The normalized spacial score (nSPS) is 23.8. The van der Waals surface area contributed by atoms with Crippen LogP contribution in [-0.2, 0) is 11.3 Å². The number of ether oxygens (including phenoxy) is 1. The zero-order valence-electron chi connectivity index (χ0n) is 19.3. The SMILES string of the molecule is O=C(OCc1ccccc1)N1CCC(c2cc(C(=O)N3CCCC4CCCCC43)cs2)CC1. The van der Waals surface area contributed by atoms with Gasteiger partial charge < -0.3 is 14.5 Å². The molecule has 2 saturated heterocycles. The van der Waals surface area contributed by atoms with E-state index in [9.17, 15) is 9.59 Å². The van der Waals surface area contributed by atoms with Crippen molar-refractivity contribution in [2.24, 2.45) is 5.92 Å². The summed E-state index contributed by atoms with van der Waals surface area (Å²) in [6.45, 7) is 2.63. The quantitative estimate of drug-likeness (QED) is 0.550. The number of rotatable bonds is 4. The van der Waals surface area contributed by atoms with Crippen molar-refractivity contribution in [1.29, 1.82) is 0 Å². The summed E-state index contributed by atoms with van der Waals surface area (Å²) in [4.78, 5) is 31.1. The third-order valence-electron chi connectivity index (χ3n) is 7.73. The Balaban J connectivity index is 1.14. The summed E-state index contributed by atoms with van der Waals surface area (Å²) in [5.41, 5.74) is 1.87. The van der Waals surface area contributed by atoms with E-state index in [1.807, 2.05) is 35.2 Å². The van der Waals surface area contributed by atoms with Gasteiger partial charge in [-0.15, -0.1) is 11.3 Å². The molecule has 2 amide bonds. The molecule has 1 saturated carbocycles. The molecule has 1 aliphatic carbocycles. The summed E-state index contributed by atoms with van der Waals surface area (Å²) in [6.07, 6.45) is 9.08. The molecular formula is C27H34N2O3S. The highest BCUT2D eigenvalue weighted by Gasteiger charge is 2.36. The van der Waals surface area contributed by atoms with Gasteiger partial charge in [0, 0.05) is 35.9 Å². The highest BCUT2D eigenvalue weighted by molar-refractivity contribution is 7.10. The lowest BCUT2D eigenvalue weighted by atomic mass is 9.78. The van der Waals surface area contributed by atoms with Crippen molar-refractivity contribution >= 4 is 23.3 Å². The minimum atomic E-state index is -0.230. The predicted octanol–water partition coefficient (Wildman–Crippen LogP) is 6.06. The summed E-state index contributed by atoms with van der Waals surface area (Å²) in [7, 11) is 0. The predicted molar refractivity (Wildman–Crippen MR) is 131 cm³/mol. The van der Waals surface area contributed by atoms with Crippen molar-refractivity contribution in [2.45, 2.75) is 69.9 Å². The van der Waals surface area contributed by atoms with E-state index in [1.165, 1.54) is 37.0 Å². The first kappa shape index (κ1) is 22.5. The van der Waals surface area contributed by atoms with E-state index in [-0.39, 0.29) is 12.0 Å². The van der Waals surface area contributed by atoms with Gasteiger partial charge in [0.05, 0.1) is 5.56 Å². The van der Waals surface area contributed by atoms with Crippen LogP contribution in [0.25, 0.3) is 0 Å². The highest BCUT2D eigenvalue weighted by atomic mass is 32.1. The van der Waals surface area contributed by atoms with E-state index >= 15 is 0 Å². The van der Waals surface area contributed by atoms with E-state index in [1.54, 1.807) is 11.3 Å². The van der Waals surface area contributed by atoms with Gasteiger partial charge in [0.25, 0.3) is 5.91 Å². The second kappa shape index (κ2) is 10.3. The standard InChI is InChI=1S/C27H34N2O3S/c30-26(29-14-6-10-21-9-4-5-11-24(21)29)23-17-25(33-19-23)22-12-15-28(16-13-22)27(31)32-18-20-7-2-1-3-8-20/h1-3,7-8,17,19,21-22,24H,4-6,9-16,18H2. The fourth-order valence-corrected chi connectivity index (χ4v) is 6.93. The fraction of sp³-hybridized carbons (Fsp3) is 0.556. The van der Waals surface area contributed by atoms with Crippen molar-refractivity contribution < 1.29 is 14.3 Å². The van der Waals surface area contributed by atoms with Crippen LogP contribution in [0.15, 0.2) is 41.8 Å². The molecule has 3 fully saturated rings. The van der Waals surface area contributed by atoms with E-state index < -0.39 is 0 Å². The van der Waals surface area contributed by atoms with Gasteiger partial charge in [-0.3, -0.25) is 4.79 Å². The summed E-state index contributed by atoms with van der Waals surface area (Å²) in [5.74, 6) is 1.36. The van der Waals surface area contributed by atoms with Crippen LogP contribution < -0.4 is 0 Å². The van der Waals surface area contributed by atoms with Crippen LogP contribution >= 0.6 is 11.3 Å². The molecule has 3 heterocycles. The molecule has 2 aromatic rings. The van der Waals surface area contributed by atoms with Crippen molar-refractivity contribution in [1.82, 2.24) is 9.80 Å². The number of carbonyl (C=O) groups is 2. The molecule has 5 rings (SSSR count). The zero-order chi connectivity index (χ0) is 22.6. The number of nitrogens with zero attached hydrogens (tertiary/aromatic N) is 2. The second-order valence-corrected chi connectivity index (χ2v) is 10.7. The summed E-state index contributed by atoms with van der Waals surface area (Å²) in [5, 5.41) is 2.06. The van der Waals surface area contributed by atoms with Crippen molar-refractivity contribution in [2.75, 3.05) is 19.6 Å². The number of carbonyl (C=O) groups excluding carboxylic acids is 2. The number of fused-ring (bicyclic) bond motifs is 1. The maximum atomic E-state index is 13.3. The van der Waals surface area contributed by atoms with E-state index in [2.05, 4.69) is 16.3 Å². The molecule has 0 N–H and O–H groups in total. The number of likely N-dealkylation sites (tertiary alicyclic amines) is 2. The zero-order valence-corrected chi connectivity index (χ0v) is 20.1. The smallest absolute Gasteiger partial charge is 0.410 e. The molecule has 2 unspecified atom stereocenters. The Hall–Kier alpha value is -2.34. The van der Waals surface area contributed by atoms with Gasteiger partial charge in [-0.05, 0) is 62.0 Å². The number of hydrogen-bond donors (Lipinski definition) is 0. The molecule has 2 aliphatic heterocycles. The Morgan fingerprint density at radius 2 is 1.70 bits per heavy atom. The Morgan fingerprint density at radius 1 is 0.939 bits per heavy atom.